The molecule has 0 atom stereocenters. The van der Waals surface area contributed by atoms with Crippen molar-refractivity contribution in [3.8, 4) is 22.6 Å². The number of alkyl halides is 3. The first-order valence-electron chi connectivity index (χ1n) is 10.2. The fourth-order valence-electron chi connectivity index (χ4n) is 3.71. The van der Waals surface area contributed by atoms with Crippen LogP contribution in [-0.4, -0.2) is 20.3 Å². The van der Waals surface area contributed by atoms with Gasteiger partial charge in [0, 0.05) is 43.5 Å². The average Bonchev–Trinajstić information content (AvgIpc) is 2.99. The van der Waals surface area contributed by atoms with E-state index < -0.39 is 12.6 Å². The molecule has 0 aliphatic rings. The van der Waals surface area contributed by atoms with Gasteiger partial charge in [0.1, 0.15) is 17.3 Å². The van der Waals surface area contributed by atoms with Crippen LogP contribution in [0.4, 0.5) is 24.7 Å². The largest absolute Gasteiger partial charge is 0.457 e. The Balaban J connectivity index is 1.67. The fraction of sp³-hybridized carbons (Fsp3) is 0.217. The number of ether oxygens (including phenoxy) is 1. The number of rotatable bonds is 6. The molecule has 0 aliphatic carbocycles. The Morgan fingerprint density at radius 2 is 1.76 bits per heavy atom. The maximum absolute atomic E-state index is 12.6. The SMILES string of the molecule is Cn1c(=O)n(CCCC(F)(F)F)c2ccc(-c3cc(Oc4ccnc(N)c4)ccc3N)cc21. The molecule has 0 amide bonds. The highest BCUT2D eigenvalue weighted by atomic mass is 19.4. The topological polar surface area (TPSA) is 101 Å². The van der Waals surface area contributed by atoms with Gasteiger partial charge in [-0.15, -0.1) is 0 Å². The van der Waals surface area contributed by atoms with Crippen molar-refractivity contribution in [3.05, 3.63) is 65.2 Å². The van der Waals surface area contributed by atoms with E-state index in [0.29, 0.717) is 39.6 Å². The van der Waals surface area contributed by atoms with Crippen LogP contribution in [-0.2, 0) is 13.6 Å². The zero-order chi connectivity index (χ0) is 23.8. The highest BCUT2D eigenvalue weighted by molar-refractivity contribution is 5.86. The second-order valence-electron chi connectivity index (χ2n) is 7.68. The number of hydrogen-bond donors (Lipinski definition) is 2. The molecule has 0 fully saturated rings. The smallest absolute Gasteiger partial charge is 0.389 e. The van der Waals surface area contributed by atoms with E-state index in [1.165, 1.54) is 15.3 Å². The minimum Gasteiger partial charge on any atom is -0.457 e. The summed E-state index contributed by atoms with van der Waals surface area (Å²) in [4.78, 5) is 16.6. The van der Waals surface area contributed by atoms with Crippen molar-refractivity contribution >= 4 is 22.5 Å². The summed E-state index contributed by atoms with van der Waals surface area (Å²) in [5, 5.41) is 0. The number of aryl methyl sites for hydroxylation is 2. The van der Waals surface area contributed by atoms with Crippen LogP contribution in [0, 0.1) is 0 Å². The molecule has 7 nitrogen and oxygen atoms in total. The number of halogens is 3. The van der Waals surface area contributed by atoms with Crippen LogP contribution in [0.1, 0.15) is 12.8 Å². The number of fused-ring (bicyclic) bond motifs is 1. The Labute approximate surface area is 187 Å². The van der Waals surface area contributed by atoms with E-state index in [4.69, 9.17) is 16.2 Å². The molecule has 33 heavy (non-hydrogen) atoms. The molecule has 2 aromatic heterocycles. The number of benzene rings is 2. The highest BCUT2D eigenvalue weighted by Crippen LogP contribution is 2.34. The first-order valence-corrected chi connectivity index (χ1v) is 10.2. The zero-order valence-corrected chi connectivity index (χ0v) is 17.8. The maximum atomic E-state index is 12.6. The van der Waals surface area contributed by atoms with E-state index in [0.717, 1.165) is 5.56 Å². The Kier molecular flexibility index (Phi) is 5.75. The van der Waals surface area contributed by atoms with Gasteiger partial charge < -0.3 is 16.2 Å². The van der Waals surface area contributed by atoms with Gasteiger partial charge in [0.15, 0.2) is 0 Å². The lowest BCUT2D eigenvalue weighted by Gasteiger charge is -2.11. The number of pyridine rings is 1. The van der Waals surface area contributed by atoms with Gasteiger partial charge in [-0.3, -0.25) is 9.13 Å². The predicted octanol–water partition coefficient (Wildman–Crippen LogP) is 4.70. The summed E-state index contributed by atoms with van der Waals surface area (Å²) < 4.78 is 46.2. The van der Waals surface area contributed by atoms with Gasteiger partial charge in [-0.2, -0.15) is 13.2 Å². The molecule has 0 aliphatic heterocycles. The number of aromatic nitrogens is 3. The second-order valence-corrected chi connectivity index (χ2v) is 7.68. The van der Waals surface area contributed by atoms with Crippen LogP contribution in [0.5, 0.6) is 11.5 Å². The van der Waals surface area contributed by atoms with Crippen molar-refractivity contribution in [2.45, 2.75) is 25.6 Å². The van der Waals surface area contributed by atoms with Crippen molar-refractivity contribution in [3.63, 3.8) is 0 Å². The van der Waals surface area contributed by atoms with Gasteiger partial charge >= 0.3 is 11.9 Å². The molecule has 2 aromatic carbocycles. The third kappa shape index (κ3) is 4.79. The van der Waals surface area contributed by atoms with Crippen LogP contribution >= 0.6 is 0 Å². The van der Waals surface area contributed by atoms with Gasteiger partial charge in [-0.1, -0.05) is 6.07 Å². The van der Waals surface area contributed by atoms with Crippen LogP contribution in [0.2, 0.25) is 0 Å². The molecule has 4 aromatic rings. The molecule has 0 saturated heterocycles. The lowest BCUT2D eigenvalue weighted by atomic mass is 10.0. The molecule has 0 unspecified atom stereocenters. The average molecular weight is 457 g/mol. The second kappa shape index (κ2) is 8.53. The molecular formula is C23H22F3N5O2. The van der Waals surface area contributed by atoms with Crippen LogP contribution in [0.15, 0.2) is 59.5 Å². The monoisotopic (exact) mass is 457 g/mol. The number of nitrogens with zero attached hydrogens (tertiary/aromatic N) is 3. The van der Waals surface area contributed by atoms with Crippen molar-refractivity contribution in [2.75, 3.05) is 11.5 Å². The molecule has 0 bridgehead atoms. The number of hydrogen-bond acceptors (Lipinski definition) is 5. The number of anilines is 2. The molecular weight excluding hydrogens is 435 g/mol. The molecule has 10 heteroatoms. The van der Waals surface area contributed by atoms with E-state index in [2.05, 4.69) is 4.98 Å². The van der Waals surface area contributed by atoms with Crippen molar-refractivity contribution < 1.29 is 17.9 Å². The van der Waals surface area contributed by atoms with Crippen LogP contribution < -0.4 is 21.9 Å². The van der Waals surface area contributed by atoms with Crippen molar-refractivity contribution in [1.29, 1.82) is 0 Å². The van der Waals surface area contributed by atoms with Gasteiger partial charge in [-0.25, -0.2) is 9.78 Å². The molecule has 0 spiro atoms. The molecule has 4 rings (SSSR count). The highest BCUT2D eigenvalue weighted by Gasteiger charge is 2.26. The molecule has 0 radical (unpaired) electrons. The van der Waals surface area contributed by atoms with Gasteiger partial charge in [0.25, 0.3) is 0 Å². The van der Waals surface area contributed by atoms with E-state index in [1.54, 1.807) is 55.6 Å². The molecule has 4 N–H and O–H groups in total. The minimum atomic E-state index is -4.26. The van der Waals surface area contributed by atoms with Crippen molar-refractivity contribution in [2.24, 2.45) is 7.05 Å². The summed E-state index contributed by atoms with van der Waals surface area (Å²) in [6, 6.07) is 13.8. The molecule has 172 valence electrons. The van der Waals surface area contributed by atoms with E-state index >= 15 is 0 Å². The summed E-state index contributed by atoms with van der Waals surface area (Å²) in [7, 11) is 1.59. The zero-order valence-electron chi connectivity index (χ0n) is 17.8. The third-order valence-electron chi connectivity index (χ3n) is 5.31. The maximum Gasteiger partial charge on any atom is 0.389 e. The van der Waals surface area contributed by atoms with E-state index in [-0.39, 0.29) is 18.7 Å². The Morgan fingerprint density at radius 1 is 1.00 bits per heavy atom. The summed E-state index contributed by atoms with van der Waals surface area (Å²) in [6.07, 6.45) is -3.83. The Morgan fingerprint density at radius 3 is 2.48 bits per heavy atom. The summed E-state index contributed by atoms with van der Waals surface area (Å²) in [6.45, 7) is -0.0183. The fourth-order valence-corrected chi connectivity index (χ4v) is 3.71. The van der Waals surface area contributed by atoms with Gasteiger partial charge in [-0.05, 0) is 48.4 Å². The van der Waals surface area contributed by atoms with E-state index in [1.807, 2.05) is 0 Å². The Bertz CT molecular complexity index is 1380. The van der Waals surface area contributed by atoms with Crippen LogP contribution in [0.25, 0.3) is 22.2 Å². The lowest BCUT2D eigenvalue weighted by molar-refractivity contribution is -0.135. The first-order chi connectivity index (χ1) is 15.6. The minimum absolute atomic E-state index is 0.0183. The van der Waals surface area contributed by atoms with Gasteiger partial charge in [0.05, 0.1) is 11.0 Å². The molecule has 2 heterocycles. The van der Waals surface area contributed by atoms with Gasteiger partial charge in [0.2, 0.25) is 0 Å². The number of imidazole rings is 1. The number of nitrogens with two attached hydrogens (primary N) is 2. The number of nitrogen functional groups attached to an aromatic ring is 2. The Hall–Kier alpha value is -3.95. The third-order valence-corrected chi connectivity index (χ3v) is 5.31. The summed E-state index contributed by atoms with van der Waals surface area (Å²) in [5.74, 6) is 1.38. The van der Waals surface area contributed by atoms with Crippen LogP contribution in [0.3, 0.4) is 0 Å². The summed E-state index contributed by atoms with van der Waals surface area (Å²) >= 11 is 0. The first kappa shape index (κ1) is 22.3. The normalized spacial score (nSPS) is 11.8. The quantitative estimate of drug-likeness (QED) is 0.409. The predicted molar refractivity (Wildman–Crippen MR) is 121 cm³/mol. The molecule has 0 saturated carbocycles. The summed E-state index contributed by atoms with van der Waals surface area (Å²) in [5.41, 5.74) is 14.6. The lowest BCUT2D eigenvalue weighted by Crippen LogP contribution is -2.23. The standard InChI is InChI=1S/C23H22F3N5O2/c1-30-20-11-14(3-6-19(20)31(22(30)32)10-2-8-23(24,25)26)17-12-15(4-5-18(17)27)33-16-7-9-29-21(28)13-16/h3-7,9,11-13H,2,8,10,27H2,1H3,(H2,28,29). The van der Waals surface area contributed by atoms with E-state index in [9.17, 15) is 18.0 Å². The van der Waals surface area contributed by atoms with Crippen molar-refractivity contribution in [1.82, 2.24) is 14.1 Å².